The summed E-state index contributed by atoms with van der Waals surface area (Å²) in [6, 6.07) is 1.47. The first-order valence-electron chi connectivity index (χ1n) is 8.62. The summed E-state index contributed by atoms with van der Waals surface area (Å²) in [6.45, 7) is 3.05. The fourth-order valence-corrected chi connectivity index (χ4v) is 4.44. The van der Waals surface area contributed by atoms with Crippen molar-refractivity contribution in [3.05, 3.63) is 44.0 Å². The number of anilines is 1. The molecule has 26 heavy (non-hydrogen) atoms. The second-order valence-corrected chi connectivity index (χ2v) is 7.84. The van der Waals surface area contributed by atoms with Gasteiger partial charge in [0.2, 0.25) is 0 Å². The topological polar surface area (TPSA) is 65.3 Å². The van der Waals surface area contributed by atoms with E-state index in [9.17, 15) is 19.1 Å². The van der Waals surface area contributed by atoms with Crippen LogP contribution in [0.15, 0.2) is 21.5 Å². The van der Waals surface area contributed by atoms with Gasteiger partial charge in [-0.1, -0.05) is 0 Å². The van der Waals surface area contributed by atoms with Crippen molar-refractivity contribution in [2.45, 2.75) is 18.8 Å². The minimum atomic E-state index is -1.29. The Labute approximate surface area is 158 Å². The van der Waals surface area contributed by atoms with Crippen molar-refractivity contribution >= 4 is 33.1 Å². The van der Waals surface area contributed by atoms with Crippen LogP contribution in [0.1, 0.15) is 34.7 Å². The van der Waals surface area contributed by atoms with Crippen molar-refractivity contribution in [2.24, 2.45) is 0 Å². The number of nitrogens with zero attached hydrogens (tertiary/aromatic N) is 3. The summed E-state index contributed by atoms with van der Waals surface area (Å²) in [5, 5.41) is 9.34. The molecule has 1 saturated heterocycles. The lowest BCUT2D eigenvalue weighted by Crippen LogP contribution is -2.45. The van der Waals surface area contributed by atoms with E-state index in [1.165, 1.54) is 6.07 Å². The summed E-state index contributed by atoms with van der Waals surface area (Å²) >= 11 is 3.52. The van der Waals surface area contributed by atoms with Crippen molar-refractivity contribution < 1.29 is 14.3 Å². The Hall–Kier alpha value is -1.93. The lowest BCUT2D eigenvalue weighted by atomic mass is 10.1. The van der Waals surface area contributed by atoms with E-state index >= 15 is 0 Å². The fraction of sp³-hybridized carbons (Fsp3) is 0.444. The third kappa shape index (κ3) is 2.81. The lowest BCUT2D eigenvalue weighted by Gasteiger charge is -2.35. The van der Waals surface area contributed by atoms with Crippen LogP contribution in [-0.4, -0.2) is 53.6 Å². The van der Waals surface area contributed by atoms with Gasteiger partial charge in [0.05, 0.1) is 21.9 Å². The van der Waals surface area contributed by atoms with Crippen LogP contribution in [0.2, 0.25) is 0 Å². The third-order valence-electron chi connectivity index (χ3n) is 5.21. The smallest absolute Gasteiger partial charge is 0.341 e. The van der Waals surface area contributed by atoms with Crippen LogP contribution in [0.3, 0.4) is 0 Å². The molecular formula is C18H19BrFN3O3. The Bertz CT molecular complexity index is 963. The Morgan fingerprint density at radius 2 is 1.92 bits per heavy atom. The Morgan fingerprint density at radius 3 is 2.50 bits per heavy atom. The molecule has 1 saturated carbocycles. The lowest BCUT2D eigenvalue weighted by molar-refractivity contribution is 0.0694. The summed E-state index contributed by atoms with van der Waals surface area (Å²) in [4.78, 5) is 28.2. The minimum Gasteiger partial charge on any atom is -0.477 e. The number of rotatable bonds is 3. The second kappa shape index (κ2) is 6.35. The number of pyridine rings is 2. The summed E-state index contributed by atoms with van der Waals surface area (Å²) in [7, 11) is 2.03. The molecule has 1 aliphatic heterocycles. The van der Waals surface area contributed by atoms with Crippen molar-refractivity contribution in [3.8, 4) is 0 Å². The molecule has 0 unspecified atom stereocenters. The molecule has 0 amide bonds. The summed E-state index contributed by atoms with van der Waals surface area (Å²) in [6.07, 6.45) is 3.02. The molecule has 3 heterocycles. The molecule has 0 radical (unpaired) electrons. The number of carbonyl (C=O) groups is 1. The highest BCUT2D eigenvalue weighted by Crippen LogP contribution is 2.45. The molecule has 138 valence electrons. The van der Waals surface area contributed by atoms with Gasteiger partial charge in [-0.3, -0.25) is 9.20 Å². The molecular weight excluding hydrogens is 405 g/mol. The zero-order chi connectivity index (χ0) is 18.6. The maximum Gasteiger partial charge on any atom is 0.341 e. The quantitative estimate of drug-likeness (QED) is 0.821. The van der Waals surface area contributed by atoms with Crippen molar-refractivity contribution in [2.75, 3.05) is 38.1 Å². The fourth-order valence-electron chi connectivity index (χ4n) is 3.58. The zero-order valence-corrected chi connectivity index (χ0v) is 15.9. The third-order valence-corrected chi connectivity index (χ3v) is 5.97. The molecule has 2 aliphatic rings. The van der Waals surface area contributed by atoms with E-state index in [4.69, 9.17) is 0 Å². The van der Waals surface area contributed by atoms with E-state index in [2.05, 4.69) is 20.8 Å². The number of carboxylic acid groups (broad SMARTS) is 1. The summed E-state index contributed by atoms with van der Waals surface area (Å²) in [5.41, 5.74) is 0.800. The van der Waals surface area contributed by atoms with Gasteiger partial charge in [-0.2, -0.15) is 0 Å². The second-order valence-electron chi connectivity index (χ2n) is 7.05. The van der Waals surface area contributed by atoms with Crippen molar-refractivity contribution in [1.29, 1.82) is 0 Å². The normalized spacial score (nSPS) is 18.5. The maximum absolute atomic E-state index is 14.9. The molecule has 0 bridgehead atoms. The largest absolute Gasteiger partial charge is 0.477 e. The SMILES string of the molecule is CN1CCN(c2c(F)cn3c(=O)c(C(=O)O)cc(C4CC4)c3c2Br)CC1. The number of hydrogen-bond acceptors (Lipinski definition) is 4. The van der Waals surface area contributed by atoms with Crippen LogP contribution in [0.5, 0.6) is 0 Å². The maximum atomic E-state index is 14.9. The number of fused-ring (bicyclic) bond motifs is 1. The first-order chi connectivity index (χ1) is 12.4. The van der Waals surface area contributed by atoms with E-state index in [1.54, 1.807) is 0 Å². The van der Waals surface area contributed by atoms with Gasteiger partial charge in [0.15, 0.2) is 5.82 Å². The minimum absolute atomic E-state index is 0.214. The molecule has 0 spiro atoms. The number of aromatic nitrogens is 1. The van der Waals surface area contributed by atoms with Crippen LogP contribution >= 0.6 is 15.9 Å². The molecule has 4 rings (SSSR count). The van der Waals surface area contributed by atoms with Gasteiger partial charge in [-0.15, -0.1) is 0 Å². The van der Waals surface area contributed by atoms with Gasteiger partial charge in [-0.05, 0) is 53.4 Å². The van der Waals surface area contributed by atoms with Gasteiger partial charge in [0.1, 0.15) is 5.56 Å². The Kier molecular flexibility index (Phi) is 4.27. The highest BCUT2D eigenvalue weighted by atomic mass is 79.9. The standard InChI is InChI=1S/C18H19BrFN3O3/c1-21-4-6-22(7-5-21)16-13(20)9-23-15(14(16)19)11(10-2-3-10)8-12(17(23)24)18(25)26/h8-10H,2-7H2,1H3,(H,25,26). The number of piperazine rings is 1. The average Bonchev–Trinajstić information content (AvgIpc) is 3.42. The molecule has 2 aromatic rings. The number of aromatic carboxylic acids is 1. The first-order valence-corrected chi connectivity index (χ1v) is 9.42. The first kappa shape index (κ1) is 17.5. The van der Waals surface area contributed by atoms with Gasteiger partial charge in [0, 0.05) is 26.2 Å². The number of hydrogen-bond donors (Lipinski definition) is 1. The molecule has 8 heteroatoms. The highest BCUT2D eigenvalue weighted by Gasteiger charge is 2.31. The van der Waals surface area contributed by atoms with E-state index in [0.717, 1.165) is 42.1 Å². The van der Waals surface area contributed by atoms with Gasteiger partial charge < -0.3 is 14.9 Å². The highest BCUT2D eigenvalue weighted by molar-refractivity contribution is 9.10. The van der Waals surface area contributed by atoms with Crippen molar-refractivity contribution in [1.82, 2.24) is 9.30 Å². The average molecular weight is 424 g/mol. The van der Waals surface area contributed by atoms with E-state index in [-0.39, 0.29) is 11.5 Å². The van der Waals surface area contributed by atoms with Gasteiger partial charge in [0.25, 0.3) is 5.56 Å². The Balaban J connectivity index is 1.97. The number of carboxylic acids is 1. The van der Waals surface area contributed by atoms with Gasteiger partial charge in [-0.25, -0.2) is 9.18 Å². The van der Waals surface area contributed by atoms with Crippen LogP contribution in [-0.2, 0) is 0 Å². The predicted octanol–water partition coefficient (Wildman–Crippen LogP) is 2.53. The number of likely N-dealkylation sites (N-methyl/N-ethyl adjacent to an activating group) is 1. The monoisotopic (exact) mass is 423 g/mol. The van der Waals surface area contributed by atoms with E-state index < -0.39 is 17.3 Å². The van der Waals surface area contributed by atoms with Crippen LogP contribution < -0.4 is 10.5 Å². The van der Waals surface area contributed by atoms with Crippen LogP contribution in [0, 0.1) is 5.82 Å². The molecule has 0 aromatic carbocycles. The molecule has 1 aliphatic carbocycles. The molecule has 1 N–H and O–H groups in total. The van der Waals surface area contributed by atoms with Crippen LogP contribution in [0.4, 0.5) is 10.1 Å². The van der Waals surface area contributed by atoms with Crippen LogP contribution in [0.25, 0.3) is 5.52 Å². The van der Waals surface area contributed by atoms with Crippen molar-refractivity contribution in [3.63, 3.8) is 0 Å². The summed E-state index contributed by atoms with van der Waals surface area (Å²) < 4.78 is 16.6. The van der Waals surface area contributed by atoms with Gasteiger partial charge >= 0.3 is 5.97 Å². The molecule has 6 nitrogen and oxygen atoms in total. The van der Waals surface area contributed by atoms with E-state index in [0.29, 0.717) is 28.8 Å². The van der Waals surface area contributed by atoms with E-state index in [1.807, 2.05) is 11.9 Å². The molecule has 2 aromatic heterocycles. The predicted molar refractivity (Wildman–Crippen MR) is 100.0 cm³/mol. The number of halogens is 2. The molecule has 2 fully saturated rings. The summed E-state index contributed by atoms with van der Waals surface area (Å²) in [5.74, 6) is -1.60. The molecule has 0 atom stereocenters. The zero-order valence-electron chi connectivity index (χ0n) is 14.3. The Morgan fingerprint density at radius 1 is 1.27 bits per heavy atom.